The molecule has 0 spiro atoms. The maximum absolute atomic E-state index is 5.98. The van der Waals surface area contributed by atoms with E-state index in [-0.39, 0.29) is 0 Å². The van der Waals surface area contributed by atoms with Gasteiger partial charge in [0, 0.05) is 18.8 Å². The van der Waals surface area contributed by atoms with Crippen LogP contribution in [0.2, 0.25) is 0 Å². The van der Waals surface area contributed by atoms with Crippen LogP contribution in [0.5, 0.6) is 11.5 Å². The molecule has 1 N–H and O–H groups in total. The van der Waals surface area contributed by atoms with Crippen LogP contribution in [0.25, 0.3) is 0 Å². The quantitative estimate of drug-likeness (QED) is 0.859. The Hall–Kier alpha value is -2.03. The fourth-order valence-electron chi connectivity index (χ4n) is 1.93. The zero-order valence-corrected chi connectivity index (χ0v) is 11.7. The first-order valence-electron chi connectivity index (χ1n) is 6.67. The van der Waals surface area contributed by atoms with Gasteiger partial charge in [-0.15, -0.1) is 0 Å². The summed E-state index contributed by atoms with van der Waals surface area (Å²) in [6, 6.07) is 11.9. The lowest BCUT2D eigenvalue weighted by Crippen LogP contribution is -1.99. The van der Waals surface area contributed by atoms with Crippen LogP contribution in [0.15, 0.2) is 42.6 Å². The molecule has 0 saturated heterocycles. The highest BCUT2D eigenvalue weighted by molar-refractivity contribution is 5.44. The molecular formula is C16H20N2O. The van der Waals surface area contributed by atoms with Crippen molar-refractivity contribution in [1.29, 1.82) is 0 Å². The molecule has 0 aliphatic carbocycles. The highest BCUT2D eigenvalue weighted by atomic mass is 16.5. The fourth-order valence-corrected chi connectivity index (χ4v) is 1.93. The van der Waals surface area contributed by atoms with Crippen molar-refractivity contribution in [2.45, 2.75) is 26.7 Å². The Morgan fingerprint density at radius 2 is 2.00 bits per heavy atom. The van der Waals surface area contributed by atoms with Gasteiger partial charge >= 0.3 is 0 Å². The molecule has 2 aromatic rings. The van der Waals surface area contributed by atoms with Crippen LogP contribution in [0.3, 0.4) is 0 Å². The Morgan fingerprint density at radius 1 is 1.21 bits per heavy atom. The summed E-state index contributed by atoms with van der Waals surface area (Å²) in [4.78, 5) is 4.24. The predicted octanol–water partition coefficient (Wildman–Crippen LogP) is 4.43. The summed E-state index contributed by atoms with van der Waals surface area (Å²) >= 11 is 0. The molecule has 0 aliphatic heterocycles. The van der Waals surface area contributed by atoms with Crippen LogP contribution < -0.4 is 10.1 Å². The summed E-state index contributed by atoms with van der Waals surface area (Å²) in [7, 11) is 0. The number of pyridine rings is 1. The number of nitrogens with zero attached hydrogens (tertiary/aromatic N) is 1. The Kier molecular flexibility index (Phi) is 4.39. The molecule has 0 fully saturated rings. The molecule has 3 heteroatoms. The number of anilines is 1. The summed E-state index contributed by atoms with van der Waals surface area (Å²) in [5.74, 6) is 2.98. The number of hydrogen-bond donors (Lipinski definition) is 1. The number of ether oxygens (including phenoxy) is 1. The summed E-state index contributed by atoms with van der Waals surface area (Å²) in [5.41, 5.74) is 1.21. The lowest BCUT2D eigenvalue weighted by Gasteiger charge is -2.14. The van der Waals surface area contributed by atoms with Crippen LogP contribution in [-0.2, 0) is 0 Å². The molecule has 0 radical (unpaired) electrons. The van der Waals surface area contributed by atoms with Crippen LogP contribution in [-0.4, -0.2) is 11.5 Å². The van der Waals surface area contributed by atoms with E-state index in [2.05, 4.69) is 30.2 Å². The molecule has 1 aromatic carbocycles. The van der Waals surface area contributed by atoms with E-state index < -0.39 is 0 Å². The first kappa shape index (κ1) is 13.4. The number of rotatable bonds is 5. The van der Waals surface area contributed by atoms with E-state index in [0.29, 0.717) is 5.92 Å². The van der Waals surface area contributed by atoms with Gasteiger partial charge in [0.2, 0.25) is 0 Å². The van der Waals surface area contributed by atoms with E-state index in [9.17, 15) is 0 Å². The van der Waals surface area contributed by atoms with Crippen molar-refractivity contribution in [1.82, 2.24) is 4.98 Å². The predicted molar refractivity (Wildman–Crippen MR) is 79.0 cm³/mol. The summed E-state index contributed by atoms with van der Waals surface area (Å²) in [5, 5.41) is 3.18. The van der Waals surface area contributed by atoms with Crippen molar-refractivity contribution in [3.8, 4) is 11.5 Å². The molecule has 0 saturated carbocycles. The molecule has 1 aromatic heterocycles. The molecule has 0 atom stereocenters. The van der Waals surface area contributed by atoms with E-state index in [0.717, 1.165) is 23.9 Å². The molecule has 3 nitrogen and oxygen atoms in total. The molecule has 100 valence electrons. The van der Waals surface area contributed by atoms with Crippen LogP contribution >= 0.6 is 0 Å². The van der Waals surface area contributed by atoms with Crippen LogP contribution in [0, 0.1) is 0 Å². The van der Waals surface area contributed by atoms with E-state index >= 15 is 0 Å². The lowest BCUT2D eigenvalue weighted by molar-refractivity contribution is 0.472. The first-order valence-corrected chi connectivity index (χ1v) is 6.67. The van der Waals surface area contributed by atoms with Crippen molar-refractivity contribution in [2.24, 2.45) is 0 Å². The SMILES string of the molecule is CCNc1cc(Oc2ccccc2C(C)C)ccn1. The number of nitrogens with one attached hydrogen (secondary N) is 1. The van der Waals surface area contributed by atoms with Gasteiger partial charge < -0.3 is 10.1 Å². The average Bonchev–Trinajstić information content (AvgIpc) is 2.40. The molecule has 1 heterocycles. The average molecular weight is 256 g/mol. The highest BCUT2D eigenvalue weighted by Gasteiger charge is 2.08. The van der Waals surface area contributed by atoms with Gasteiger partial charge in [-0.3, -0.25) is 0 Å². The van der Waals surface area contributed by atoms with Gasteiger partial charge in [0.25, 0.3) is 0 Å². The zero-order chi connectivity index (χ0) is 13.7. The van der Waals surface area contributed by atoms with Crippen molar-refractivity contribution in [2.75, 3.05) is 11.9 Å². The van der Waals surface area contributed by atoms with E-state index in [1.165, 1.54) is 5.56 Å². The maximum Gasteiger partial charge on any atom is 0.132 e. The van der Waals surface area contributed by atoms with Crippen LogP contribution in [0.1, 0.15) is 32.3 Å². The number of benzene rings is 1. The van der Waals surface area contributed by atoms with Crippen molar-refractivity contribution in [3.63, 3.8) is 0 Å². The smallest absolute Gasteiger partial charge is 0.132 e. The lowest BCUT2D eigenvalue weighted by atomic mass is 10.0. The monoisotopic (exact) mass is 256 g/mol. The molecular weight excluding hydrogens is 236 g/mol. The topological polar surface area (TPSA) is 34.1 Å². The van der Waals surface area contributed by atoms with E-state index in [4.69, 9.17) is 4.74 Å². The minimum absolute atomic E-state index is 0.436. The van der Waals surface area contributed by atoms with E-state index in [1.54, 1.807) is 6.20 Å². The van der Waals surface area contributed by atoms with Gasteiger partial charge in [0.1, 0.15) is 17.3 Å². The third-order valence-electron chi connectivity index (χ3n) is 2.86. The second-order valence-corrected chi connectivity index (χ2v) is 4.70. The fraction of sp³-hybridized carbons (Fsp3) is 0.312. The number of hydrogen-bond acceptors (Lipinski definition) is 3. The summed E-state index contributed by atoms with van der Waals surface area (Å²) in [6.07, 6.45) is 1.76. The van der Waals surface area contributed by atoms with Gasteiger partial charge in [-0.05, 0) is 30.5 Å². The molecule has 0 aliphatic rings. The molecule has 0 bridgehead atoms. The molecule has 19 heavy (non-hydrogen) atoms. The van der Waals surface area contributed by atoms with Crippen molar-refractivity contribution in [3.05, 3.63) is 48.2 Å². The van der Waals surface area contributed by atoms with Gasteiger partial charge in [-0.25, -0.2) is 4.98 Å². The molecule has 0 amide bonds. The second kappa shape index (κ2) is 6.23. The Morgan fingerprint density at radius 3 is 2.74 bits per heavy atom. The standard InChI is InChI=1S/C16H20N2O/c1-4-17-16-11-13(9-10-18-16)19-15-8-6-5-7-14(15)12(2)3/h5-12H,4H2,1-3H3,(H,17,18). The Bertz CT molecular complexity index is 538. The first-order chi connectivity index (χ1) is 9.20. The van der Waals surface area contributed by atoms with Crippen molar-refractivity contribution >= 4 is 5.82 Å². The van der Waals surface area contributed by atoms with Gasteiger partial charge in [-0.2, -0.15) is 0 Å². The number of aromatic nitrogens is 1. The van der Waals surface area contributed by atoms with Gasteiger partial charge in [0.15, 0.2) is 0 Å². The zero-order valence-electron chi connectivity index (χ0n) is 11.7. The van der Waals surface area contributed by atoms with Gasteiger partial charge in [-0.1, -0.05) is 32.0 Å². The van der Waals surface area contributed by atoms with E-state index in [1.807, 2.05) is 37.3 Å². The third kappa shape index (κ3) is 3.47. The summed E-state index contributed by atoms with van der Waals surface area (Å²) in [6.45, 7) is 7.22. The normalized spacial score (nSPS) is 10.5. The van der Waals surface area contributed by atoms with Crippen molar-refractivity contribution < 1.29 is 4.74 Å². The highest BCUT2D eigenvalue weighted by Crippen LogP contribution is 2.30. The Labute approximate surface area is 114 Å². The largest absolute Gasteiger partial charge is 0.457 e. The Balaban J connectivity index is 2.23. The molecule has 2 rings (SSSR count). The van der Waals surface area contributed by atoms with Gasteiger partial charge in [0.05, 0.1) is 0 Å². The minimum Gasteiger partial charge on any atom is -0.457 e. The maximum atomic E-state index is 5.98. The second-order valence-electron chi connectivity index (χ2n) is 4.70. The van der Waals surface area contributed by atoms with Crippen LogP contribution in [0.4, 0.5) is 5.82 Å². The molecule has 0 unspecified atom stereocenters. The number of para-hydroxylation sites is 1. The summed E-state index contributed by atoms with van der Waals surface area (Å²) < 4.78 is 5.98. The third-order valence-corrected chi connectivity index (χ3v) is 2.86. The minimum atomic E-state index is 0.436.